The van der Waals surface area contributed by atoms with Crippen molar-refractivity contribution in [2.45, 2.75) is 26.3 Å². The summed E-state index contributed by atoms with van der Waals surface area (Å²) in [6.45, 7) is 5.35. The van der Waals surface area contributed by atoms with Crippen molar-refractivity contribution in [2.75, 3.05) is 20.2 Å². The molecule has 1 saturated heterocycles. The number of hydrogen-bond donors (Lipinski definition) is 1. The molecule has 94 valence electrons. The van der Waals surface area contributed by atoms with E-state index in [9.17, 15) is 5.11 Å². The maximum absolute atomic E-state index is 10.0. The molecule has 1 aromatic carbocycles. The molecule has 2 rings (SSSR count). The molecule has 0 spiro atoms. The SMILES string of the molecule is CCC1CCN(Cc2cccc(OC)c2O)C1. The van der Waals surface area contributed by atoms with Gasteiger partial charge in [-0.1, -0.05) is 25.5 Å². The molecule has 1 fully saturated rings. The molecular formula is C14H21NO2. The number of para-hydroxylation sites is 1. The quantitative estimate of drug-likeness (QED) is 0.870. The summed E-state index contributed by atoms with van der Waals surface area (Å²) in [6, 6.07) is 5.69. The number of nitrogens with zero attached hydrogens (tertiary/aromatic N) is 1. The van der Waals surface area contributed by atoms with E-state index in [1.165, 1.54) is 12.8 Å². The lowest BCUT2D eigenvalue weighted by Crippen LogP contribution is -2.20. The summed E-state index contributed by atoms with van der Waals surface area (Å²) in [6.07, 6.45) is 2.53. The van der Waals surface area contributed by atoms with E-state index in [2.05, 4.69) is 11.8 Å². The van der Waals surface area contributed by atoms with E-state index in [0.29, 0.717) is 5.75 Å². The molecule has 0 aromatic heterocycles. The van der Waals surface area contributed by atoms with Gasteiger partial charge in [0.1, 0.15) is 0 Å². The monoisotopic (exact) mass is 235 g/mol. The number of phenols is 1. The molecule has 3 nitrogen and oxygen atoms in total. The molecule has 0 amide bonds. The predicted molar refractivity (Wildman–Crippen MR) is 68.3 cm³/mol. The van der Waals surface area contributed by atoms with Crippen molar-refractivity contribution >= 4 is 0 Å². The Kier molecular flexibility index (Phi) is 3.89. The van der Waals surface area contributed by atoms with Crippen LogP contribution in [0.3, 0.4) is 0 Å². The van der Waals surface area contributed by atoms with Gasteiger partial charge in [0.05, 0.1) is 7.11 Å². The Balaban J connectivity index is 2.04. The molecule has 0 bridgehead atoms. The Labute approximate surface area is 103 Å². The molecule has 0 aliphatic carbocycles. The highest BCUT2D eigenvalue weighted by Crippen LogP contribution is 2.31. The summed E-state index contributed by atoms with van der Waals surface area (Å²) in [5, 5.41) is 10.0. The Morgan fingerprint density at radius 3 is 2.94 bits per heavy atom. The molecule has 1 N–H and O–H groups in total. The van der Waals surface area contributed by atoms with Gasteiger partial charge in [0, 0.05) is 18.7 Å². The highest BCUT2D eigenvalue weighted by molar-refractivity contribution is 5.45. The minimum atomic E-state index is 0.287. The molecule has 1 atom stereocenters. The first-order chi connectivity index (χ1) is 8.24. The molecule has 3 heteroatoms. The average Bonchev–Trinajstić information content (AvgIpc) is 2.79. The number of aromatic hydroxyl groups is 1. The van der Waals surface area contributed by atoms with Crippen LogP contribution in [0, 0.1) is 5.92 Å². The van der Waals surface area contributed by atoms with E-state index < -0.39 is 0 Å². The molecule has 0 saturated carbocycles. The maximum Gasteiger partial charge on any atom is 0.162 e. The number of phenolic OH excluding ortho intramolecular Hbond substituents is 1. The molecular weight excluding hydrogens is 214 g/mol. The van der Waals surface area contributed by atoms with E-state index in [4.69, 9.17) is 4.74 Å². The first-order valence-electron chi connectivity index (χ1n) is 6.31. The zero-order valence-corrected chi connectivity index (χ0v) is 10.6. The summed E-state index contributed by atoms with van der Waals surface area (Å²) in [7, 11) is 1.59. The highest BCUT2D eigenvalue weighted by Gasteiger charge is 2.22. The lowest BCUT2D eigenvalue weighted by molar-refractivity contribution is 0.305. The van der Waals surface area contributed by atoms with E-state index in [-0.39, 0.29) is 5.75 Å². The van der Waals surface area contributed by atoms with Gasteiger partial charge >= 0.3 is 0 Å². The standard InChI is InChI=1S/C14H21NO2/c1-3-11-7-8-15(9-11)10-12-5-4-6-13(17-2)14(12)16/h4-6,11,16H,3,7-10H2,1-2H3. The zero-order valence-electron chi connectivity index (χ0n) is 10.6. The van der Waals surface area contributed by atoms with Crippen molar-refractivity contribution in [3.8, 4) is 11.5 Å². The van der Waals surface area contributed by atoms with Crippen molar-refractivity contribution in [1.82, 2.24) is 4.90 Å². The molecule has 1 unspecified atom stereocenters. The number of hydrogen-bond acceptors (Lipinski definition) is 3. The maximum atomic E-state index is 10.0. The van der Waals surface area contributed by atoms with Crippen molar-refractivity contribution in [3.05, 3.63) is 23.8 Å². The van der Waals surface area contributed by atoms with E-state index in [1.807, 2.05) is 12.1 Å². The van der Waals surface area contributed by atoms with Gasteiger partial charge in [-0.25, -0.2) is 0 Å². The van der Waals surface area contributed by atoms with E-state index in [1.54, 1.807) is 13.2 Å². The van der Waals surface area contributed by atoms with Crippen LogP contribution in [0.5, 0.6) is 11.5 Å². The third-order valence-corrected chi connectivity index (χ3v) is 3.64. The normalized spacial score (nSPS) is 20.7. The fourth-order valence-corrected chi connectivity index (χ4v) is 2.49. The molecule has 1 aliphatic heterocycles. The fraction of sp³-hybridized carbons (Fsp3) is 0.571. The van der Waals surface area contributed by atoms with E-state index >= 15 is 0 Å². The topological polar surface area (TPSA) is 32.7 Å². The number of likely N-dealkylation sites (tertiary alicyclic amines) is 1. The second kappa shape index (κ2) is 5.41. The second-order valence-electron chi connectivity index (χ2n) is 4.77. The summed E-state index contributed by atoms with van der Waals surface area (Å²) < 4.78 is 5.12. The average molecular weight is 235 g/mol. The molecule has 1 heterocycles. The van der Waals surface area contributed by atoms with Gasteiger partial charge in [-0.2, -0.15) is 0 Å². The first-order valence-corrected chi connectivity index (χ1v) is 6.31. The van der Waals surface area contributed by atoms with Crippen molar-refractivity contribution in [2.24, 2.45) is 5.92 Å². The number of methoxy groups -OCH3 is 1. The van der Waals surface area contributed by atoms with Gasteiger partial charge in [0.25, 0.3) is 0 Å². The van der Waals surface area contributed by atoms with Gasteiger partial charge in [0.15, 0.2) is 11.5 Å². The molecule has 17 heavy (non-hydrogen) atoms. The van der Waals surface area contributed by atoms with Crippen LogP contribution in [-0.2, 0) is 6.54 Å². The van der Waals surface area contributed by atoms with Crippen LogP contribution in [0.25, 0.3) is 0 Å². The predicted octanol–water partition coefficient (Wildman–Crippen LogP) is 2.63. The van der Waals surface area contributed by atoms with Crippen LogP contribution in [0.2, 0.25) is 0 Å². The lowest BCUT2D eigenvalue weighted by atomic mass is 10.1. The third-order valence-electron chi connectivity index (χ3n) is 3.64. The number of ether oxygens (including phenoxy) is 1. The van der Waals surface area contributed by atoms with Gasteiger partial charge in [-0.05, 0) is 24.9 Å². The smallest absolute Gasteiger partial charge is 0.162 e. The second-order valence-corrected chi connectivity index (χ2v) is 4.77. The van der Waals surface area contributed by atoms with Crippen LogP contribution >= 0.6 is 0 Å². The Hall–Kier alpha value is -1.22. The summed E-state index contributed by atoms with van der Waals surface area (Å²) in [5.41, 5.74) is 0.959. The van der Waals surface area contributed by atoms with Crippen molar-refractivity contribution in [3.63, 3.8) is 0 Å². The van der Waals surface area contributed by atoms with Crippen LogP contribution in [-0.4, -0.2) is 30.2 Å². The first kappa shape index (κ1) is 12.2. The van der Waals surface area contributed by atoms with Gasteiger partial charge in [-0.3, -0.25) is 4.90 Å². The Bertz CT molecular complexity index is 378. The minimum Gasteiger partial charge on any atom is -0.504 e. The van der Waals surface area contributed by atoms with Crippen LogP contribution in [0.15, 0.2) is 18.2 Å². The van der Waals surface area contributed by atoms with Crippen LogP contribution in [0.4, 0.5) is 0 Å². The van der Waals surface area contributed by atoms with E-state index in [0.717, 1.165) is 31.1 Å². The third kappa shape index (κ3) is 2.72. The molecule has 0 radical (unpaired) electrons. The summed E-state index contributed by atoms with van der Waals surface area (Å²) in [4.78, 5) is 2.41. The zero-order chi connectivity index (χ0) is 12.3. The van der Waals surface area contributed by atoms with Crippen LogP contribution in [0.1, 0.15) is 25.3 Å². The van der Waals surface area contributed by atoms with Crippen LogP contribution < -0.4 is 4.74 Å². The molecule has 1 aromatic rings. The number of rotatable bonds is 4. The van der Waals surface area contributed by atoms with Gasteiger partial charge in [0.2, 0.25) is 0 Å². The van der Waals surface area contributed by atoms with Crippen molar-refractivity contribution in [1.29, 1.82) is 0 Å². The van der Waals surface area contributed by atoms with Gasteiger partial charge < -0.3 is 9.84 Å². The lowest BCUT2D eigenvalue weighted by Gasteiger charge is -2.17. The summed E-state index contributed by atoms with van der Waals surface area (Å²) >= 11 is 0. The molecule has 1 aliphatic rings. The minimum absolute atomic E-state index is 0.287. The fourth-order valence-electron chi connectivity index (χ4n) is 2.49. The van der Waals surface area contributed by atoms with Gasteiger partial charge in [-0.15, -0.1) is 0 Å². The Morgan fingerprint density at radius 1 is 1.47 bits per heavy atom. The Morgan fingerprint density at radius 2 is 2.29 bits per heavy atom. The summed E-state index contributed by atoms with van der Waals surface area (Å²) in [5.74, 6) is 1.67. The van der Waals surface area contributed by atoms with Crippen molar-refractivity contribution < 1.29 is 9.84 Å². The largest absolute Gasteiger partial charge is 0.504 e. The highest BCUT2D eigenvalue weighted by atomic mass is 16.5. The number of benzene rings is 1.